The lowest BCUT2D eigenvalue weighted by atomic mass is 9.85. The number of carbonyl (C=O) groups is 6. The van der Waals surface area contributed by atoms with Crippen molar-refractivity contribution in [3.8, 4) is 0 Å². The Bertz CT molecular complexity index is 1710. The predicted octanol–water partition coefficient (Wildman–Crippen LogP) is 4.17. The summed E-state index contributed by atoms with van der Waals surface area (Å²) < 4.78 is 0. The van der Waals surface area contributed by atoms with Gasteiger partial charge in [-0.25, -0.2) is 0 Å². The number of carbonyl (C=O) groups excluding carboxylic acids is 6. The van der Waals surface area contributed by atoms with E-state index in [0.717, 1.165) is 36.8 Å². The Morgan fingerprint density at radius 3 is 1.25 bits per heavy atom. The van der Waals surface area contributed by atoms with Crippen LogP contribution < -0.4 is 21.3 Å². The molecule has 2 aromatic rings. The summed E-state index contributed by atoms with van der Waals surface area (Å²) in [6.07, 6.45) is 4.21. The average molecular weight is 887 g/mol. The minimum absolute atomic E-state index is 0.00615. The summed E-state index contributed by atoms with van der Waals surface area (Å²) in [6.45, 7) is 17.7. The molecule has 2 aliphatic heterocycles. The average Bonchev–Trinajstić information content (AvgIpc) is 3.95. The lowest BCUT2D eigenvalue weighted by molar-refractivity contribution is -0.143. The number of amides is 6. The Morgan fingerprint density at radius 1 is 0.594 bits per heavy atom. The van der Waals surface area contributed by atoms with Crippen molar-refractivity contribution in [1.82, 2.24) is 40.9 Å². The van der Waals surface area contributed by atoms with E-state index in [1.807, 2.05) is 122 Å². The first kappa shape index (κ1) is 51.8. The van der Waals surface area contributed by atoms with Crippen LogP contribution in [0.3, 0.4) is 0 Å². The van der Waals surface area contributed by atoms with Crippen molar-refractivity contribution in [3.63, 3.8) is 0 Å². The third kappa shape index (κ3) is 14.9. The molecule has 6 amide bonds. The van der Waals surface area contributed by atoms with Gasteiger partial charge in [-0.15, -0.1) is 0 Å². The first-order valence-corrected chi connectivity index (χ1v) is 23.4. The molecule has 2 fully saturated rings. The fourth-order valence-electron chi connectivity index (χ4n) is 8.55. The lowest BCUT2D eigenvalue weighted by Gasteiger charge is -2.38. The molecular weight excluding hydrogens is 809 g/mol. The first-order valence-electron chi connectivity index (χ1n) is 23.4. The molecule has 0 radical (unpaired) electrons. The van der Waals surface area contributed by atoms with Gasteiger partial charge in [-0.3, -0.25) is 28.8 Å². The van der Waals surface area contributed by atoms with Crippen LogP contribution in [0.15, 0.2) is 60.7 Å². The highest BCUT2D eigenvalue weighted by molar-refractivity contribution is 5.91. The molecule has 4 rings (SSSR count). The van der Waals surface area contributed by atoms with Crippen LogP contribution in [0.4, 0.5) is 0 Å². The number of nitrogens with zero attached hydrogens (tertiary/aromatic N) is 4. The molecule has 14 heteroatoms. The second-order valence-corrected chi connectivity index (χ2v) is 19.9. The van der Waals surface area contributed by atoms with Crippen LogP contribution >= 0.6 is 0 Å². The molecule has 2 aliphatic rings. The van der Waals surface area contributed by atoms with Crippen molar-refractivity contribution in [2.75, 3.05) is 53.4 Å². The highest BCUT2D eigenvalue weighted by Crippen LogP contribution is 2.28. The van der Waals surface area contributed by atoms with Gasteiger partial charge in [0, 0.05) is 64.2 Å². The van der Waals surface area contributed by atoms with Gasteiger partial charge in [-0.05, 0) is 88.4 Å². The van der Waals surface area contributed by atoms with E-state index < -0.39 is 35.0 Å². The van der Waals surface area contributed by atoms with Gasteiger partial charge < -0.3 is 40.9 Å². The van der Waals surface area contributed by atoms with Gasteiger partial charge in [0.2, 0.25) is 35.4 Å². The fraction of sp³-hybridized carbons (Fsp3) is 0.640. The maximum absolute atomic E-state index is 14.4. The lowest BCUT2D eigenvalue weighted by Crippen LogP contribution is -2.59. The van der Waals surface area contributed by atoms with Crippen LogP contribution in [0.5, 0.6) is 0 Å². The van der Waals surface area contributed by atoms with Gasteiger partial charge in [-0.2, -0.15) is 0 Å². The maximum atomic E-state index is 14.4. The van der Waals surface area contributed by atoms with Crippen molar-refractivity contribution < 1.29 is 28.8 Å². The first-order chi connectivity index (χ1) is 30.2. The van der Waals surface area contributed by atoms with Gasteiger partial charge in [0.15, 0.2) is 0 Å². The monoisotopic (exact) mass is 887 g/mol. The van der Waals surface area contributed by atoms with Crippen LogP contribution in [0.25, 0.3) is 0 Å². The molecule has 0 aromatic heterocycles. The summed E-state index contributed by atoms with van der Waals surface area (Å²) in [5.74, 6) is -1.14. The normalized spacial score (nSPS) is 18.5. The number of likely N-dealkylation sites (N-methyl/N-ethyl adjacent to an activating group) is 2. The van der Waals surface area contributed by atoms with E-state index in [2.05, 4.69) is 21.3 Å². The molecule has 0 saturated carbocycles. The van der Waals surface area contributed by atoms with Crippen molar-refractivity contribution in [2.45, 2.75) is 143 Å². The van der Waals surface area contributed by atoms with Gasteiger partial charge in [0.05, 0.1) is 12.1 Å². The molecule has 354 valence electrons. The molecule has 2 heterocycles. The van der Waals surface area contributed by atoms with Crippen LogP contribution in [-0.2, 0) is 41.6 Å². The van der Waals surface area contributed by atoms with E-state index in [4.69, 9.17) is 0 Å². The van der Waals surface area contributed by atoms with E-state index in [1.165, 1.54) is 0 Å². The Hall–Kier alpha value is -4.82. The fourth-order valence-corrected chi connectivity index (χ4v) is 8.55. The molecular formula is C50H78N8O6. The van der Waals surface area contributed by atoms with Crippen molar-refractivity contribution in [3.05, 3.63) is 71.8 Å². The van der Waals surface area contributed by atoms with Crippen LogP contribution in [-0.4, -0.2) is 145 Å². The van der Waals surface area contributed by atoms with Gasteiger partial charge in [0.25, 0.3) is 0 Å². The highest BCUT2D eigenvalue weighted by atomic mass is 16.2. The summed E-state index contributed by atoms with van der Waals surface area (Å²) in [7, 11) is 3.41. The van der Waals surface area contributed by atoms with Crippen molar-refractivity contribution >= 4 is 35.4 Å². The molecule has 0 spiro atoms. The largest absolute Gasteiger partial charge is 0.342 e. The van der Waals surface area contributed by atoms with Gasteiger partial charge >= 0.3 is 0 Å². The Kier molecular flexibility index (Phi) is 19.4. The standard InChI is InChI=1S/C50H78N8O6/c1-35(51-9)45(61)53-43(49(3,4)5)47(63)57-29-17-23-39(57)33-55(31-27-37-19-13-11-14-20-37)41(59)25-26-42(60)56(32-28-38-21-15-12-16-22-38)34-40-24-18-30-58(40)48(64)44(50(6,7)8)54-46(62)36(2)52-10/h11-16,19-22,35-36,39-40,43-44,51-52H,17-18,23-34H2,1-10H3,(H,53,61)(H,54,62)/t35-,36-,39-,40-,43+,44+/m0/s1. The molecule has 2 saturated heterocycles. The van der Waals surface area contributed by atoms with Crippen LogP contribution in [0.2, 0.25) is 0 Å². The van der Waals surface area contributed by atoms with E-state index in [-0.39, 0.29) is 60.4 Å². The molecule has 4 N–H and O–H groups in total. The van der Waals surface area contributed by atoms with Crippen molar-refractivity contribution in [1.29, 1.82) is 0 Å². The van der Waals surface area contributed by atoms with Crippen molar-refractivity contribution in [2.24, 2.45) is 10.8 Å². The zero-order valence-electron chi connectivity index (χ0n) is 40.4. The van der Waals surface area contributed by atoms with E-state index in [0.29, 0.717) is 52.1 Å². The van der Waals surface area contributed by atoms with Gasteiger partial charge in [0.1, 0.15) is 12.1 Å². The SMILES string of the molecule is CN[C@@H](C)C(=O)N[C@H](C(=O)N1CCC[C@H]1CN(CCc1ccccc1)C(=O)CCC(=O)N(CCc1ccccc1)C[C@@H]1CCCN1C(=O)[C@@H](NC(=O)[C@H](C)NC)C(C)(C)C)C(C)(C)C. The quantitative estimate of drug-likeness (QED) is 0.145. The van der Waals surface area contributed by atoms with E-state index in [1.54, 1.807) is 27.9 Å². The number of likely N-dealkylation sites (tertiary alicyclic amines) is 2. The van der Waals surface area contributed by atoms with Gasteiger partial charge in [-0.1, -0.05) is 102 Å². The second kappa shape index (κ2) is 23.9. The zero-order chi connectivity index (χ0) is 47.2. The Labute approximate surface area is 383 Å². The highest BCUT2D eigenvalue weighted by Gasteiger charge is 2.42. The predicted molar refractivity (Wildman–Crippen MR) is 252 cm³/mol. The maximum Gasteiger partial charge on any atom is 0.246 e. The molecule has 64 heavy (non-hydrogen) atoms. The number of nitrogens with one attached hydrogen (secondary N) is 4. The number of hydrogen-bond donors (Lipinski definition) is 4. The summed E-state index contributed by atoms with van der Waals surface area (Å²) in [5.41, 5.74) is 1.05. The van der Waals surface area contributed by atoms with E-state index in [9.17, 15) is 28.8 Å². The molecule has 0 aliphatic carbocycles. The summed E-state index contributed by atoms with van der Waals surface area (Å²) in [4.78, 5) is 90.7. The zero-order valence-corrected chi connectivity index (χ0v) is 40.4. The summed E-state index contributed by atoms with van der Waals surface area (Å²) in [5, 5.41) is 11.9. The molecule has 14 nitrogen and oxygen atoms in total. The summed E-state index contributed by atoms with van der Waals surface area (Å²) in [6, 6.07) is 17.0. The van der Waals surface area contributed by atoms with E-state index >= 15 is 0 Å². The molecule has 6 atom stereocenters. The number of benzene rings is 2. The molecule has 0 unspecified atom stereocenters. The minimum atomic E-state index is -0.754. The smallest absolute Gasteiger partial charge is 0.246 e. The number of rotatable bonds is 21. The minimum Gasteiger partial charge on any atom is -0.342 e. The summed E-state index contributed by atoms with van der Waals surface area (Å²) >= 11 is 0. The number of hydrogen-bond acceptors (Lipinski definition) is 8. The molecule has 2 aromatic carbocycles. The topological polar surface area (TPSA) is 163 Å². The Morgan fingerprint density at radius 2 is 0.938 bits per heavy atom. The Balaban J connectivity index is 1.53. The second-order valence-electron chi connectivity index (χ2n) is 19.9. The van der Waals surface area contributed by atoms with Crippen LogP contribution in [0, 0.1) is 10.8 Å². The third-order valence-electron chi connectivity index (χ3n) is 12.9. The third-order valence-corrected chi connectivity index (χ3v) is 12.9. The van der Waals surface area contributed by atoms with Crippen LogP contribution in [0.1, 0.15) is 105 Å². The molecule has 0 bridgehead atoms.